The predicted octanol–water partition coefficient (Wildman–Crippen LogP) is 5.08. The Kier molecular flexibility index (Phi) is 6.65. The van der Waals surface area contributed by atoms with Gasteiger partial charge in [0.15, 0.2) is 0 Å². The third-order valence-corrected chi connectivity index (χ3v) is 5.90. The van der Waals surface area contributed by atoms with Gasteiger partial charge in [-0.3, -0.25) is 4.79 Å². The molecule has 0 radical (unpaired) electrons. The number of likely N-dealkylation sites (N-methyl/N-ethyl adjacent to an activating group) is 1. The van der Waals surface area contributed by atoms with Crippen LogP contribution in [-0.4, -0.2) is 50.3 Å². The molecular formula is C20H21ClF3N3OS. The molecule has 4 nitrogen and oxygen atoms in total. The zero-order valence-corrected chi connectivity index (χ0v) is 17.6. The molecule has 0 unspecified atom stereocenters. The highest BCUT2D eigenvalue weighted by Gasteiger charge is 2.35. The lowest BCUT2D eigenvalue weighted by molar-refractivity contribution is -0.136. The van der Waals surface area contributed by atoms with Gasteiger partial charge in [0.05, 0.1) is 21.8 Å². The standard InChI is InChI=1S/C20H21ClF3N3OS/c1-26-7-9-27(10-8-26)13-3-6-18(16(11-13)20(22,23)24)25-19(28)15-12-14(29-2)4-5-17(15)21/h3-6,11-12H,7-10H2,1-2H3,(H,25,28). The van der Waals surface area contributed by atoms with E-state index in [9.17, 15) is 18.0 Å². The minimum absolute atomic E-state index is 0.134. The maximum Gasteiger partial charge on any atom is 0.418 e. The Balaban J connectivity index is 1.90. The first-order chi connectivity index (χ1) is 13.7. The molecule has 0 bridgehead atoms. The van der Waals surface area contributed by atoms with Gasteiger partial charge in [0, 0.05) is 36.8 Å². The number of piperazine rings is 1. The molecule has 29 heavy (non-hydrogen) atoms. The molecule has 1 N–H and O–H groups in total. The van der Waals surface area contributed by atoms with Crippen LogP contribution in [0, 0.1) is 0 Å². The largest absolute Gasteiger partial charge is 0.418 e. The molecule has 0 aliphatic carbocycles. The van der Waals surface area contributed by atoms with Gasteiger partial charge >= 0.3 is 6.18 Å². The van der Waals surface area contributed by atoms with E-state index in [4.69, 9.17) is 11.6 Å². The summed E-state index contributed by atoms with van der Waals surface area (Å²) in [6.07, 6.45) is -2.76. The SMILES string of the molecule is CSc1ccc(Cl)c(C(=O)Nc2ccc(N3CCN(C)CC3)cc2C(F)(F)F)c1. The van der Waals surface area contributed by atoms with Crippen molar-refractivity contribution in [3.05, 3.63) is 52.5 Å². The minimum atomic E-state index is -4.60. The number of hydrogen-bond acceptors (Lipinski definition) is 4. The predicted molar refractivity (Wildman–Crippen MR) is 112 cm³/mol. The van der Waals surface area contributed by atoms with Crippen LogP contribution in [0.25, 0.3) is 0 Å². The number of nitrogens with one attached hydrogen (secondary N) is 1. The van der Waals surface area contributed by atoms with Gasteiger partial charge in [-0.05, 0) is 49.7 Å². The molecule has 1 amide bonds. The van der Waals surface area contributed by atoms with Crippen LogP contribution < -0.4 is 10.2 Å². The molecule has 0 saturated carbocycles. The topological polar surface area (TPSA) is 35.6 Å². The molecule has 9 heteroatoms. The molecule has 3 rings (SSSR count). The molecule has 2 aromatic rings. The Bertz CT molecular complexity index is 899. The molecule has 2 aromatic carbocycles. The van der Waals surface area contributed by atoms with Crippen molar-refractivity contribution >= 4 is 40.6 Å². The third-order valence-electron chi connectivity index (χ3n) is 4.84. The Hall–Kier alpha value is -1.90. The van der Waals surface area contributed by atoms with Gasteiger partial charge in [0.2, 0.25) is 0 Å². The van der Waals surface area contributed by atoms with Crippen molar-refractivity contribution in [1.82, 2.24) is 4.90 Å². The van der Waals surface area contributed by atoms with Crippen molar-refractivity contribution in [2.45, 2.75) is 11.1 Å². The number of nitrogens with zero attached hydrogens (tertiary/aromatic N) is 2. The number of carbonyl (C=O) groups excluding carboxylic acids is 1. The molecule has 1 heterocycles. The normalized spacial score (nSPS) is 15.4. The van der Waals surface area contributed by atoms with Gasteiger partial charge in [-0.25, -0.2) is 0 Å². The highest BCUT2D eigenvalue weighted by Crippen LogP contribution is 2.38. The molecule has 0 aromatic heterocycles. The quantitative estimate of drug-likeness (QED) is 0.668. The molecule has 1 aliphatic heterocycles. The lowest BCUT2D eigenvalue weighted by Crippen LogP contribution is -2.44. The maximum absolute atomic E-state index is 13.7. The second-order valence-electron chi connectivity index (χ2n) is 6.82. The first-order valence-electron chi connectivity index (χ1n) is 8.98. The van der Waals surface area contributed by atoms with E-state index in [1.165, 1.54) is 17.8 Å². The highest BCUT2D eigenvalue weighted by atomic mass is 35.5. The molecule has 1 fully saturated rings. The van der Waals surface area contributed by atoms with Crippen LogP contribution in [0.15, 0.2) is 41.3 Å². The van der Waals surface area contributed by atoms with Crippen LogP contribution in [0.5, 0.6) is 0 Å². The summed E-state index contributed by atoms with van der Waals surface area (Å²) in [5, 5.41) is 2.57. The van der Waals surface area contributed by atoms with Crippen molar-refractivity contribution in [2.24, 2.45) is 0 Å². The zero-order chi connectivity index (χ0) is 21.2. The summed E-state index contributed by atoms with van der Waals surface area (Å²) in [6, 6.07) is 8.88. The Morgan fingerprint density at radius 1 is 1.10 bits per heavy atom. The number of rotatable bonds is 4. The fourth-order valence-corrected chi connectivity index (χ4v) is 3.78. The van der Waals surface area contributed by atoms with Crippen LogP contribution in [0.2, 0.25) is 5.02 Å². The van der Waals surface area contributed by atoms with E-state index >= 15 is 0 Å². The van der Waals surface area contributed by atoms with Crippen LogP contribution >= 0.6 is 23.4 Å². The van der Waals surface area contributed by atoms with Gasteiger partial charge < -0.3 is 15.1 Å². The van der Waals surface area contributed by atoms with Crippen molar-refractivity contribution in [2.75, 3.05) is 49.7 Å². The van der Waals surface area contributed by atoms with E-state index in [1.807, 2.05) is 18.2 Å². The van der Waals surface area contributed by atoms with Crippen molar-refractivity contribution in [1.29, 1.82) is 0 Å². The summed E-state index contributed by atoms with van der Waals surface area (Å²) >= 11 is 7.49. The number of alkyl halides is 3. The number of halogens is 4. The van der Waals surface area contributed by atoms with Crippen molar-refractivity contribution < 1.29 is 18.0 Å². The molecule has 156 valence electrons. The van der Waals surface area contributed by atoms with Gasteiger partial charge in [-0.1, -0.05) is 11.6 Å². The number of amides is 1. The fourth-order valence-electron chi connectivity index (χ4n) is 3.13. The molecule has 1 saturated heterocycles. The number of hydrogen-bond donors (Lipinski definition) is 1. The highest BCUT2D eigenvalue weighted by molar-refractivity contribution is 7.98. The number of benzene rings is 2. The van der Waals surface area contributed by atoms with Crippen LogP contribution in [0.3, 0.4) is 0 Å². The van der Waals surface area contributed by atoms with E-state index in [-0.39, 0.29) is 16.3 Å². The Morgan fingerprint density at radius 3 is 2.41 bits per heavy atom. The maximum atomic E-state index is 13.7. The fraction of sp³-hybridized carbons (Fsp3) is 0.350. The lowest BCUT2D eigenvalue weighted by atomic mass is 10.1. The second kappa shape index (κ2) is 8.85. The average molecular weight is 444 g/mol. The zero-order valence-electron chi connectivity index (χ0n) is 16.0. The molecular weight excluding hydrogens is 423 g/mol. The monoisotopic (exact) mass is 443 g/mol. The number of anilines is 2. The van der Waals surface area contributed by atoms with Crippen LogP contribution in [0.1, 0.15) is 15.9 Å². The first kappa shape index (κ1) is 21.8. The van der Waals surface area contributed by atoms with Crippen LogP contribution in [-0.2, 0) is 6.18 Å². The summed E-state index contributed by atoms with van der Waals surface area (Å²) in [7, 11) is 1.98. The third kappa shape index (κ3) is 5.18. The Labute approximate surface area is 177 Å². The smallest absolute Gasteiger partial charge is 0.369 e. The summed E-state index contributed by atoms with van der Waals surface area (Å²) in [6.45, 7) is 2.86. The van der Waals surface area contributed by atoms with Gasteiger partial charge in [0.1, 0.15) is 0 Å². The first-order valence-corrected chi connectivity index (χ1v) is 10.6. The van der Waals surface area contributed by atoms with Gasteiger partial charge in [0.25, 0.3) is 5.91 Å². The van der Waals surface area contributed by atoms with E-state index < -0.39 is 17.6 Å². The lowest BCUT2D eigenvalue weighted by Gasteiger charge is -2.34. The average Bonchev–Trinajstić information content (AvgIpc) is 2.68. The molecule has 1 aliphatic rings. The summed E-state index contributed by atoms with van der Waals surface area (Å²) in [5.41, 5.74) is -0.536. The molecule has 0 atom stereocenters. The van der Waals surface area contributed by atoms with Crippen molar-refractivity contribution in [3.8, 4) is 0 Å². The summed E-state index contributed by atoms with van der Waals surface area (Å²) in [4.78, 5) is 17.5. The Morgan fingerprint density at radius 2 is 1.79 bits per heavy atom. The van der Waals surface area contributed by atoms with Gasteiger partial charge in [-0.2, -0.15) is 13.2 Å². The van der Waals surface area contributed by atoms with Crippen molar-refractivity contribution in [3.63, 3.8) is 0 Å². The minimum Gasteiger partial charge on any atom is -0.369 e. The summed E-state index contributed by atoms with van der Waals surface area (Å²) in [5.74, 6) is -0.677. The number of carbonyl (C=O) groups is 1. The van der Waals surface area contributed by atoms with E-state index in [1.54, 1.807) is 24.3 Å². The summed E-state index contributed by atoms with van der Waals surface area (Å²) < 4.78 is 41.1. The van der Waals surface area contributed by atoms with E-state index in [0.29, 0.717) is 18.8 Å². The van der Waals surface area contributed by atoms with Crippen LogP contribution in [0.4, 0.5) is 24.5 Å². The second-order valence-corrected chi connectivity index (χ2v) is 8.10. The van der Waals surface area contributed by atoms with E-state index in [2.05, 4.69) is 10.2 Å². The van der Waals surface area contributed by atoms with Gasteiger partial charge in [-0.15, -0.1) is 11.8 Å². The van der Waals surface area contributed by atoms with E-state index in [0.717, 1.165) is 24.1 Å². The molecule has 0 spiro atoms. The number of thioether (sulfide) groups is 1.